The van der Waals surface area contributed by atoms with E-state index in [0.29, 0.717) is 33.8 Å². The summed E-state index contributed by atoms with van der Waals surface area (Å²) in [6, 6.07) is 88.2. The van der Waals surface area contributed by atoms with Crippen LogP contribution in [0.3, 0.4) is 0 Å². The van der Waals surface area contributed by atoms with Gasteiger partial charge in [0.25, 0.3) is 0 Å². The Morgan fingerprint density at radius 2 is 0.325 bits per heavy atom. The van der Waals surface area contributed by atoms with Gasteiger partial charge in [-0.15, -0.1) is 0 Å². The standard InChI is InChI=1S/C69H44N8O3/c78-67-72(47-21-15-19-45(41-47)70-57-31-5-1-27-53(57)54-28-2-6-32-58(54)70)61-35-9-11-37-63(61)74(67)49-23-17-25-51(43-49)76-65-39-13-14-40-66(65)77(69(76)80)52-26-18-24-50(44-52)75-64-38-12-10-36-62(64)73(68(75)79)48-22-16-20-46(42-48)71-59-33-7-3-29-55(59)56-30-4-8-34-60(56)71/h1-44H. The van der Waals surface area contributed by atoms with Crippen LogP contribution in [0.5, 0.6) is 0 Å². The molecule has 0 saturated heterocycles. The third-order valence-electron chi connectivity index (χ3n) is 15.8. The van der Waals surface area contributed by atoms with E-state index in [1.54, 1.807) is 27.4 Å². The molecule has 11 heteroatoms. The molecule has 0 N–H and O–H groups in total. The second-order valence-electron chi connectivity index (χ2n) is 20.1. The second-order valence-corrected chi connectivity index (χ2v) is 20.1. The lowest BCUT2D eigenvalue weighted by atomic mass is 10.2. The average molecular weight is 1030 g/mol. The van der Waals surface area contributed by atoms with Crippen LogP contribution in [0.4, 0.5) is 0 Å². The lowest BCUT2D eigenvalue weighted by Gasteiger charge is -2.11. The van der Waals surface area contributed by atoms with Crippen molar-refractivity contribution in [1.29, 1.82) is 0 Å². The van der Waals surface area contributed by atoms with E-state index < -0.39 is 0 Å². The van der Waals surface area contributed by atoms with Crippen LogP contribution in [-0.4, -0.2) is 36.5 Å². The molecule has 0 aliphatic carbocycles. The summed E-state index contributed by atoms with van der Waals surface area (Å²) in [6.07, 6.45) is 0. The minimum atomic E-state index is -0.311. The first-order valence-electron chi connectivity index (χ1n) is 26.6. The summed E-state index contributed by atoms with van der Waals surface area (Å²) in [5.41, 5.74) is 13.5. The number of para-hydroxylation sites is 10. The number of aromatic nitrogens is 8. The van der Waals surface area contributed by atoms with Gasteiger partial charge in [0.05, 0.1) is 89.3 Å². The lowest BCUT2D eigenvalue weighted by molar-refractivity contribution is 0.908. The summed E-state index contributed by atoms with van der Waals surface area (Å²) in [6.45, 7) is 0. The van der Waals surface area contributed by atoms with Crippen molar-refractivity contribution in [3.05, 3.63) is 298 Å². The highest BCUT2D eigenvalue weighted by Crippen LogP contribution is 2.35. The van der Waals surface area contributed by atoms with Gasteiger partial charge in [0.15, 0.2) is 0 Å². The minimum absolute atomic E-state index is 0.248. The number of fused-ring (bicyclic) bond motifs is 9. The zero-order valence-electron chi connectivity index (χ0n) is 42.7. The molecule has 0 radical (unpaired) electrons. The zero-order valence-corrected chi connectivity index (χ0v) is 42.7. The number of benzene rings is 11. The van der Waals surface area contributed by atoms with E-state index in [4.69, 9.17) is 0 Å². The molecule has 0 aliphatic heterocycles. The maximum absolute atomic E-state index is 15.3. The molecular weight excluding hydrogens is 989 g/mol. The number of hydrogen-bond acceptors (Lipinski definition) is 3. The van der Waals surface area contributed by atoms with Crippen LogP contribution in [0.1, 0.15) is 0 Å². The van der Waals surface area contributed by atoms with Crippen LogP contribution in [0, 0.1) is 0 Å². The molecule has 0 saturated carbocycles. The van der Waals surface area contributed by atoms with Gasteiger partial charge >= 0.3 is 17.1 Å². The van der Waals surface area contributed by atoms with Crippen molar-refractivity contribution in [1.82, 2.24) is 36.5 Å². The van der Waals surface area contributed by atoms with E-state index in [1.165, 1.54) is 0 Å². The van der Waals surface area contributed by atoms with Gasteiger partial charge in [0.1, 0.15) is 0 Å². The molecule has 16 aromatic rings. The largest absolute Gasteiger partial charge is 0.338 e. The molecule has 0 atom stereocenters. The van der Waals surface area contributed by atoms with Gasteiger partial charge in [-0.3, -0.25) is 27.4 Å². The summed E-state index contributed by atoms with van der Waals surface area (Å²) in [5.74, 6) is 0. The first-order valence-corrected chi connectivity index (χ1v) is 26.6. The van der Waals surface area contributed by atoms with Crippen molar-refractivity contribution in [2.24, 2.45) is 0 Å². The Morgan fingerprint density at radius 3 is 0.525 bits per heavy atom. The highest BCUT2D eigenvalue weighted by atomic mass is 16.2. The van der Waals surface area contributed by atoms with Crippen molar-refractivity contribution in [2.45, 2.75) is 0 Å². The Morgan fingerprint density at radius 1 is 0.163 bits per heavy atom. The second kappa shape index (κ2) is 17.4. The summed E-state index contributed by atoms with van der Waals surface area (Å²) in [5, 5.41) is 4.63. The van der Waals surface area contributed by atoms with Gasteiger partial charge in [0.2, 0.25) is 0 Å². The smallest absolute Gasteiger partial charge is 0.309 e. The molecule has 378 valence electrons. The monoisotopic (exact) mass is 1030 g/mol. The van der Waals surface area contributed by atoms with E-state index in [9.17, 15) is 0 Å². The van der Waals surface area contributed by atoms with Crippen molar-refractivity contribution >= 4 is 76.7 Å². The van der Waals surface area contributed by atoms with E-state index in [1.807, 2.05) is 146 Å². The fraction of sp³-hybridized carbons (Fsp3) is 0. The Hall–Kier alpha value is -11.2. The van der Waals surface area contributed by atoms with Crippen molar-refractivity contribution in [2.75, 3.05) is 0 Å². The minimum Gasteiger partial charge on any atom is -0.309 e. The molecule has 5 aromatic heterocycles. The van der Waals surface area contributed by atoms with Crippen molar-refractivity contribution in [3.8, 4) is 45.5 Å². The van der Waals surface area contributed by atoms with Gasteiger partial charge in [-0.05, 0) is 133 Å². The molecule has 0 aliphatic rings. The van der Waals surface area contributed by atoms with Crippen molar-refractivity contribution < 1.29 is 0 Å². The van der Waals surface area contributed by atoms with Crippen LogP contribution in [0.15, 0.2) is 281 Å². The van der Waals surface area contributed by atoms with Gasteiger partial charge in [-0.1, -0.05) is 133 Å². The predicted octanol–water partition coefficient (Wildman–Crippen LogP) is 14.2. The highest BCUT2D eigenvalue weighted by molar-refractivity contribution is 6.10. The number of imidazole rings is 3. The number of nitrogens with zero attached hydrogens (tertiary/aromatic N) is 8. The molecule has 0 amide bonds. The first kappa shape index (κ1) is 45.1. The summed E-state index contributed by atoms with van der Waals surface area (Å²) in [7, 11) is 0. The molecule has 0 bridgehead atoms. The summed E-state index contributed by atoms with van der Waals surface area (Å²) < 4.78 is 14.8. The van der Waals surface area contributed by atoms with E-state index in [-0.39, 0.29) is 17.1 Å². The van der Waals surface area contributed by atoms with Gasteiger partial charge in [-0.2, -0.15) is 0 Å². The van der Waals surface area contributed by atoms with Crippen LogP contribution in [0.2, 0.25) is 0 Å². The topological polar surface area (TPSA) is 90.7 Å². The van der Waals surface area contributed by atoms with Gasteiger partial charge < -0.3 is 9.13 Å². The van der Waals surface area contributed by atoms with Crippen LogP contribution >= 0.6 is 0 Å². The van der Waals surface area contributed by atoms with Gasteiger partial charge in [0, 0.05) is 32.9 Å². The molecule has 0 unspecified atom stereocenters. The Balaban J connectivity index is 0.801. The van der Waals surface area contributed by atoms with E-state index >= 15 is 14.4 Å². The first-order chi connectivity index (χ1) is 39.5. The SMILES string of the molecule is O=c1n(-c2cccc(-n3c(=O)n(-c4cccc(-n5c6ccccc6c6ccccc65)c4)c4ccccc43)c2)c2ccccc2n1-c1cccc(-n2c(=O)n(-c3cccc(-n4c5ccccc5c5ccccc54)c3)c3ccccc32)c1. The molecule has 11 nitrogen and oxygen atoms in total. The highest BCUT2D eigenvalue weighted by Gasteiger charge is 2.23. The molecular formula is C69H44N8O3. The predicted molar refractivity (Wildman–Crippen MR) is 322 cm³/mol. The molecule has 11 aromatic carbocycles. The quantitative estimate of drug-likeness (QED) is 0.152. The molecule has 0 spiro atoms. The van der Waals surface area contributed by atoms with Crippen LogP contribution in [-0.2, 0) is 0 Å². The lowest BCUT2D eigenvalue weighted by Crippen LogP contribution is -2.24. The fourth-order valence-corrected chi connectivity index (χ4v) is 12.4. The zero-order chi connectivity index (χ0) is 53.2. The molecule has 80 heavy (non-hydrogen) atoms. The van der Waals surface area contributed by atoms with E-state index in [0.717, 1.165) is 88.4 Å². The maximum atomic E-state index is 15.3. The van der Waals surface area contributed by atoms with Gasteiger partial charge in [-0.25, -0.2) is 14.4 Å². The van der Waals surface area contributed by atoms with E-state index in [2.05, 4.69) is 130 Å². The van der Waals surface area contributed by atoms with Crippen molar-refractivity contribution in [3.63, 3.8) is 0 Å². The normalized spacial score (nSPS) is 11.9. The Labute approximate surface area is 455 Å². The summed E-state index contributed by atoms with van der Waals surface area (Å²) in [4.78, 5) is 45.6. The third kappa shape index (κ3) is 6.58. The average Bonchev–Trinajstić information content (AvgIpc) is 4.36. The molecule has 16 rings (SSSR count). The molecule has 5 heterocycles. The van der Waals surface area contributed by atoms with Crippen LogP contribution in [0.25, 0.3) is 122 Å². The third-order valence-corrected chi connectivity index (χ3v) is 15.8. The number of hydrogen-bond donors (Lipinski definition) is 0. The number of rotatable bonds is 8. The maximum Gasteiger partial charge on any atom is 0.338 e. The Bertz CT molecular complexity index is 4980. The fourth-order valence-electron chi connectivity index (χ4n) is 12.4. The Kier molecular flexibility index (Phi) is 9.82. The van der Waals surface area contributed by atoms with Crippen LogP contribution < -0.4 is 17.1 Å². The molecule has 0 fully saturated rings. The summed E-state index contributed by atoms with van der Waals surface area (Å²) >= 11 is 0.